The highest BCUT2D eigenvalue weighted by Crippen LogP contribution is 2.27. The van der Waals surface area contributed by atoms with Gasteiger partial charge in [0.05, 0.1) is 0 Å². The molecule has 0 spiro atoms. The van der Waals surface area contributed by atoms with Crippen molar-refractivity contribution in [1.29, 1.82) is 0 Å². The van der Waals surface area contributed by atoms with Crippen LogP contribution in [0.3, 0.4) is 0 Å². The van der Waals surface area contributed by atoms with E-state index in [1.54, 1.807) is 11.3 Å². The summed E-state index contributed by atoms with van der Waals surface area (Å²) in [6.45, 7) is 14.3. The van der Waals surface area contributed by atoms with Crippen LogP contribution in [0.5, 0.6) is 0 Å². The molecular formula is C13H24N2S. The molecule has 1 N–H and O–H groups in total. The largest absolute Gasteiger partial charge is 0.305 e. The van der Waals surface area contributed by atoms with Gasteiger partial charge in [-0.1, -0.05) is 20.8 Å². The lowest BCUT2D eigenvalue weighted by Gasteiger charge is -2.33. The molecule has 0 aliphatic carbocycles. The molecule has 92 valence electrons. The Hall–Kier alpha value is -0.410. The summed E-state index contributed by atoms with van der Waals surface area (Å²) in [6.07, 6.45) is 1.16. The van der Waals surface area contributed by atoms with Crippen LogP contribution in [0, 0.1) is 12.3 Å². The Kier molecular flexibility index (Phi) is 4.13. The van der Waals surface area contributed by atoms with Gasteiger partial charge in [0, 0.05) is 23.2 Å². The van der Waals surface area contributed by atoms with Crippen LogP contribution in [0.25, 0.3) is 0 Å². The lowest BCUT2D eigenvalue weighted by atomic mass is 9.82. The molecule has 0 bridgehead atoms. The maximum absolute atomic E-state index is 4.47. The van der Waals surface area contributed by atoms with E-state index in [0.717, 1.165) is 18.7 Å². The zero-order valence-corrected chi connectivity index (χ0v) is 12.2. The number of nitrogens with one attached hydrogen (secondary N) is 1. The van der Waals surface area contributed by atoms with Gasteiger partial charge in [0.15, 0.2) is 0 Å². The van der Waals surface area contributed by atoms with Crippen LogP contribution in [0.4, 0.5) is 0 Å². The molecule has 0 atom stereocenters. The molecular weight excluding hydrogens is 216 g/mol. The van der Waals surface area contributed by atoms with Gasteiger partial charge in [0.25, 0.3) is 0 Å². The highest BCUT2D eigenvalue weighted by Gasteiger charge is 2.24. The Morgan fingerprint density at radius 3 is 2.31 bits per heavy atom. The first-order valence-electron chi connectivity index (χ1n) is 5.84. The number of hydrogen-bond donors (Lipinski definition) is 1. The SMILES string of the molecule is Cc1csc(CNC(C)(C)CC(C)(C)C)n1. The molecule has 1 aromatic rings. The molecule has 0 fully saturated rings. The lowest BCUT2D eigenvalue weighted by Crippen LogP contribution is -2.41. The average molecular weight is 240 g/mol. The molecule has 3 heteroatoms. The number of rotatable bonds is 4. The zero-order chi connectivity index (χ0) is 12.4. The van der Waals surface area contributed by atoms with Crippen molar-refractivity contribution in [2.24, 2.45) is 5.41 Å². The van der Waals surface area contributed by atoms with Crippen molar-refractivity contribution in [3.63, 3.8) is 0 Å². The molecule has 2 nitrogen and oxygen atoms in total. The second kappa shape index (κ2) is 4.84. The smallest absolute Gasteiger partial charge is 0.107 e. The molecule has 0 aromatic carbocycles. The Morgan fingerprint density at radius 2 is 1.88 bits per heavy atom. The molecule has 0 saturated heterocycles. The third-order valence-corrected chi connectivity index (χ3v) is 3.32. The Labute approximate surface area is 103 Å². The second-order valence-corrected chi connectivity index (χ2v) is 7.30. The van der Waals surface area contributed by atoms with E-state index in [1.165, 1.54) is 5.01 Å². The number of hydrogen-bond acceptors (Lipinski definition) is 3. The normalized spacial score (nSPS) is 13.1. The molecule has 0 radical (unpaired) electrons. The van der Waals surface area contributed by atoms with Gasteiger partial charge in [-0.2, -0.15) is 0 Å². The third kappa shape index (κ3) is 5.08. The van der Waals surface area contributed by atoms with Gasteiger partial charge in [-0.3, -0.25) is 0 Å². The monoisotopic (exact) mass is 240 g/mol. The lowest BCUT2D eigenvalue weighted by molar-refractivity contribution is 0.240. The maximum atomic E-state index is 4.47. The van der Waals surface area contributed by atoms with Crippen molar-refractivity contribution in [1.82, 2.24) is 10.3 Å². The van der Waals surface area contributed by atoms with Gasteiger partial charge in [-0.05, 0) is 32.6 Å². The van der Waals surface area contributed by atoms with Crippen molar-refractivity contribution in [3.05, 3.63) is 16.1 Å². The molecule has 1 heterocycles. The second-order valence-electron chi connectivity index (χ2n) is 6.36. The summed E-state index contributed by atoms with van der Waals surface area (Å²) >= 11 is 1.73. The van der Waals surface area contributed by atoms with E-state index in [-0.39, 0.29) is 5.54 Å². The van der Waals surface area contributed by atoms with E-state index < -0.39 is 0 Å². The fraction of sp³-hybridized carbons (Fsp3) is 0.769. The van der Waals surface area contributed by atoms with Gasteiger partial charge in [0.1, 0.15) is 5.01 Å². The van der Waals surface area contributed by atoms with Crippen LogP contribution in [0.15, 0.2) is 5.38 Å². The number of aromatic nitrogens is 1. The van der Waals surface area contributed by atoms with Crippen LogP contribution < -0.4 is 5.32 Å². The topological polar surface area (TPSA) is 24.9 Å². The van der Waals surface area contributed by atoms with E-state index in [2.05, 4.69) is 50.3 Å². The first-order chi connectivity index (χ1) is 7.18. The fourth-order valence-electron chi connectivity index (χ4n) is 2.19. The maximum Gasteiger partial charge on any atom is 0.107 e. The molecule has 0 saturated carbocycles. The highest BCUT2D eigenvalue weighted by atomic mass is 32.1. The minimum absolute atomic E-state index is 0.165. The van der Waals surface area contributed by atoms with Crippen LogP contribution in [0.1, 0.15) is 51.7 Å². The molecule has 0 aliphatic rings. The highest BCUT2D eigenvalue weighted by molar-refractivity contribution is 7.09. The van der Waals surface area contributed by atoms with Crippen LogP contribution in [0.2, 0.25) is 0 Å². The first-order valence-corrected chi connectivity index (χ1v) is 6.72. The van der Waals surface area contributed by atoms with Crippen molar-refractivity contribution >= 4 is 11.3 Å². The predicted octanol–water partition coefficient (Wildman–Crippen LogP) is 3.76. The Balaban J connectivity index is 2.47. The van der Waals surface area contributed by atoms with E-state index in [0.29, 0.717) is 5.41 Å². The van der Waals surface area contributed by atoms with Gasteiger partial charge in [-0.25, -0.2) is 4.98 Å². The van der Waals surface area contributed by atoms with Crippen molar-refractivity contribution in [2.45, 2.75) is 60.0 Å². The van der Waals surface area contributed by atoms with E-state index in [4.69, 9.17) is 0 Å². The summed E-state index contributed by atoms with van der Waals surface area (Å²) in [5.41, 5.74) is 1.64. The molecule has 0 unspecified atom stereocenters. The van der Waals surface area contributed by atoms with E-state index >= 15 is 0 Å². The fourth-order valence-corrected chi connectivity index (χ4v) is 2.90. The summed E-state index contributed by atoms with van der Waals surface area (Å²) in [6, 6.07) is 0. The van der Waals surface area contributed by atoms with Crippen LogP contribution >= 0.6 is 11.3 Å². The van der Waals surface area contributed by atoms with Gasteiger partial charge >= 0.3 is 0 Å². The number of aryl methyl sites for hydroxylation is 1. The van der Waals surface area contributed by atoms with E-state index in [9.17, 15) is 0 Å². The minimum atomic E-state index is 0.165. The molecule has 0 amide bonds. The standard InChI is InChI=1S/C13H24N2S/c1-10-8-16-11(15-10)7-14-13(5,6)9-12(2,3)4/h8,14H,7,9H2,1-6H3. The van der Waals surface area contributed by atoms with Crippen molar-refractivity contribution in [3.8, 4) is 0 Å². The van der Waals surface area contributed by atoms with Crippen LogP contribution in [-0.4, -0.2) is 10.5 Å². The van der Waals surface area contributed by atoms with Crippen molar-refractivity contribution in [2.75, 3.05) is 0 Å². The van der Waals surface area contributed by atoms with E-state index in [1.807, 2.05) is 6.92 Å². The minimum Gasteiger partial charge on any atom is -0.305 e. The van der Waals surface area contributed by atoms with Gasteiger partial charge in [-0.15, -0.1) is 11.3 Å². The average Bonchev–Trinajstić information content (AvgIpc) is 2.44. The summed E-state index contributed by atoms with van der Waals surface area (Å²) in [5, 5.41) is 6.88. The van der Waals surface area contributed by atoms with Crippen molar-refractivity contribution < 1.29 is 0 Å². The zero-order valence-electron chi connectivity index (χ0n) is 11.3. The molecule has 0 aliphatic heterocycles. The van der Waals surface area contributed by atoms with Gasteiger partial charge in [0.2, 0.25) is 0 Å². The third-order valence-electron chi connectivity index (χ3n) is 2.36. The number of thiazole rings is 1. The number of nitrogens with zero attached hydrogens (tertiary/aromatic N) is 1. The Bertz CT molecular complexity index is 334. The first kappa shape index (κ1) is 13.7. The molecule has 1 aromatic heterocycles. The summed E-state index contributed by atoms with van der Waals surface area (Å²) in [4.78, 5) is 4.47. The van der Waals surface area contributed by atoms with Gasteiger partial charge < -0.3 is 5.32 Å². The summed E-state index contributed by atoms with van der Waals surface area (Å²) in [5.74, 6) is 0. The Morgan fingerprint density at radius 1 is 1.25 bits per heavy atom. The molecule has 16 heavy (non-hydrogen) atoms. The summed E-state index contributed by atoms with van der Waals surface area (Å²) < 4.78 is 0. The molecule has 1 rings (SSSR count). The predicted molar refractivity (Wildman–Crippen MR) is 71.8 cm³/mol. The quantitative estimate of drug-likeness (QED) is 0.867. The van der Waals surface area contributed by atoms with Crippen LogP contribution in [-0.2, 0) is 6.54 Å². The summed E-state index contributed by atoms with van der Waals surface area (Å²) in [7, 11) is 0.